The van der Waals surface area contributed by atoms with Crippen LogP contribution in [0.25, 0.3) is 22.3 Å². The van der Waals surface area contributed by atoms with Crippen molar-refractivity contribution in [2.45, 2.75) is 25.8 Å². The molecule has 0 heterocycles. The molecule has 0 amide bonds. The van der Waals surface area contributed by atoms with Crippen LogP contribution in [0.5, 0.6) is 5.75 Å². The molecular formula is C23H24O3Si. The van der Waals surface area contributed by atoms with Gasteiger partial charge < -0.3 is 10.2 Å². The summed E-state index contributed by atoms with van der Waals surface area (Å²) in [5.74, 6) is -0.791. The first-order chi connectivity index (χ1) is 12.8. The lowest BCUT2D eigenvalue weighted by atomic mass is 9.94. The zero-order valence-electron chi connectivity index (χ0n) is 15.9. The monoisotopic (exact) mass is 376 g/mol. The minimum Gasteiger partial charge on any atom is -0.507 e. The summed E-state index contributed by atoms with van der Waals surface area (Å²) < 4.78 is 0. The second kappa shape index (κ2) is 7.41. The summed E-state index contributed by atoms with van der Waals surface area (Å²) in [5.41, 5.74) is 3.17. The van der Waals surface area contributed by atoms with Crippen molar-refractivity contribution < 1.29 is 15.0 Å². The molecule has 4 heteroatoms. The van der Waals surface area contributed by atoms with Gasteiger partial charge in [-0.1, -0.05) is 81.4 Å². The molecular weight excluding hydrogens is 352 g/mol. The number of phenolic OH excluding ortho intramolecular Hbond substituents is 1. The first-order valence-electron chi connectivity index (χ1n) is 9.01. The van der Waals surface area contributed by atoms with Crippen LogP contribution in [0.2, 0.25) is 5.04 Å². The fraction of sp³-hybridized carbons (Fsp3) is 0.174. The maximum Gasteiger partial charge on any atom is 0.335 e. The Morgan fingerprint density at radius 1 is 0.889 bits per heavy atom. The Bertz CT molecular complexity index is 958. The van der Waals surface area contributed by atoms with Gasteiger partial charge in [-0.15, -0.1) is 0 Å². The largest absolute Gasteiger partial charge is 0.507 e. The molecule has 0 aliphatic heterocycles. The molecule has 0 spiro atoms. The van der Waals surface area contributed by atoms with Crippen LogP contribution >= 0.6 is 0 Å². The number of aromatic carboxylic acids is 1. The van der Waals surface area contributed by atoms with E-state index in [0.29, 0.717) is 16.7 Å². The fourth-order valence-corrected chi connectivity index (χ4v) is 5.42. The lowest BCUT2D eigenvalue weighted by Gasteiger charge is -2.24. The highest BCUT2D eigenvalue weighted by atomic mass is 28.2. The van der Waals surface area contributed by atoms with Crippen LogP contribution in [-0.2, 0) is 0 Å². The molecule has 27 heavy (non-hydrogen) atoms. The Hall–Kier alpha value is -2.85. The van der Waals surface area contributed by atoms with Gasteiger partial charge in [0.2, 0.25) is 0 Å². The van der Waals surface area contributed by atoms with E-state index in [1.807, 2.05) is 60.7 Å². The highest BCUT2D eigenvalue weighted by molar-refractivity contribution is 6.60. The van der Waals surface area contributed by atoms with Crippen molar-refractivity contribution in [3.8, 4) is 28.0 Å². The Morgan fingerprint density at radius 3 is 1.89 bits per heavy atom. The standard InChI is InChI=1S/C23H24O3Si/c1-23(2,3)27-21-18(22(25)26)14-17(15-10-6-4-7-11-15)20(24)19(21)16-12-8-5-9-13-16/h4-14,24H,27H2,1-3H3,(H,25,26). The van der Waals surface area contributed by atoms with Gasteiger partial charge in [-0.3, -0.25) is 0 Å². The molecule has 0 atom stereocenters. The molecule has 2 N–H and O–H groups in total. The first-order valence-corrected chi connectivity index (χ1v) is 10.4. The molecule has 3 nitrogen and oxygen atoms in total. The van der Waals surface area contributed by atoms with Crippen molar-refractivity contribution in [1.82, 2.24) is 0 Å². The van der Waals surface area contributed by atoms with E-state index in [1.54, 1.807) is 6.07 Å². The highest BCUT2D eigenvalue weighted by Gasteiger charge is 2.26. The topological polar surface area (TPSA) is 57.5 Å². The van der Waals surface area contributed by atoms with E-state index in [1.165, 1.54) is 0 Å². The van der Waals surface area contributed by atoms with Crippen molar-refractivity contribution >= 4 is 20.7 Å². The van der Waals surface area contributed by atoms with Crippen molar-refractivity contribution in [3.05, 3.63) is 72.3 Å². The summed E-state index contributed by atoms with van der Waals surface area (Å²) in [5, 5.41) is 22.0. The van der Waals surface area contributed by atoms with Crippen molar-refractivity contribution in [2.75, 3.05) is 0 Å². The van der Waals surface area contributed by atoms with E-state index in [2.05, 4.69) is 20.8 Å². The lowest BCUT2D eigenvalue weighted by Crippen LogP contribution is -2.31. The average molecular weight is 377 g/mol. The molecule has 138 valence electrons. The number of carboxylic acids is 1. The van der Waals surface area contributed by atoms with Crippen LogP contribution < -0.4 is 5.19 Å². The Kier molecular flexibility index (Phi) is 5.19. The Labute approximate surface area is 162 Å². The van der Waals surface area contributed by atoms with E-state index >= 15 is 0 Å². The predicted octanol–water partition coefficient (Wildman–Crippen LogP) is 4.44. The van der Waals surface area contributed by atoms with Gasteiger partial charge in [0.15, 0.2) is 0 Å². The van der Waals surface area contributed by atoms with Crippen LogP contribution in [0.15, 0.2) is 66.7 Å². The zero-order valence-corrected chi connectivity index (χ0v) is 17.3. The van der Waals surface area contributed by atoms with Crippen molar-refractivity contribution in [2.24, 2.45) is 0 Å². The van der Waals surface area contributed by atoms with Gasteiger partial charge >= 0.3 is 5.97 Å². The van der Waals surface area contributed by atoms with Gasteiger partial charge in [0, 0.05) is 11.1 Å². The van der Waals surface area contributed by atoms with Gasteiger partial charge in [-0.2, -0.15) is 0 Å². The third-order valence-corrected chi connectivity index (χ3v) is 6.64. The van der Waals surface area contributed by atoms with E-state index < -0.39 is 15.5 Å². The van der Waals surface area contributed by atoms with Gasteiger partial charge in [0.05, 0.1) is 15.1 Å². The minimum atomic E-state index is -0.976. The molecule has 0 saturated heterocycles. The normalized spacial score (nSPS) is 11.8. The highest BCUT2D eigenvalue weighted by Crippen LogP contribution is 2.39. The number of hydrogen-bond donors (Lipinski definition) is 2. The fourth-order valence-electron chi connectivity index (χ4n) is 3.37. The van der Waals surface area contributed by atoms with E-state index in [0.717, 1.165) is 16.3 Å². The quantitative estimate of drug-likeness (QED) is 0.662. The summed E-state index contributed by atoms with van der Waals surface area (Å²) in [6, 6.07) is 20.7. The molecule has 0 bridgehead atoms. The number of rotatable bonds is 4. The molecule has 0 saturated carbocycles. The maximum atomic E-state index is 12.1. The maximum absolute atomic E-state index is 12.1. The van der Waals surface area contributed by atoms with E-state index in [9.17, 15) is 15.0 Å². The average Bonchev–Trinajstić information content (AvgIpc) is 2.62. The van der Waals surface area contributed by atoms with Crippen molar-refractivity contribution in [3.63, 3.8) is 0 Å². The van der Waals surface area contributed by atoms with Crippen LogP contribution in [0.1, 0.15) is 31.1 Å². The number of benzene rings is 3. The second-order valence-electron chi connectivity index (χ2n) is 7.95. The summed E-state index contributed by atoms with van der Waals surface area (Å²) >= 11 is 0. The number of hydrogen-bond acceptors (Lipinski definition) is 2. The smallest absolute Gasteiger partial charge is 0.335 e. The molecule has 3 aromatic rings. The first kappa shape index (κ1) is 18.9. The number of carbonyl (C=O) groups is 1. The number of aromatic hydroxyl groups is 1. The summed E-state index contributed by atoms with van der Waals surface area (Å²) in [7, 11) is -0.976. The molecule has 0 aromatic heterocycles. The summed E-state index contributed by atoms with van der Waals surface area (Å²) in [4.78, 5) is 12.1. The van der Waals surface area contributed by atoms with Gasteiger partial charge in [-0.05, 0) is 27.4 Å². The van der Waals surface area contributed by atoms with Crippen LogP contribution in [0, 0.1) is 0 Å². The number of carboxylic acid groups (broad SMARTS) is 1. The second-order valence-corrected chi connectivity index (χ2v) is 11.1. The van der Waals surface area contributed by atoms with Crippen LogP contribution in [0.3, 0.4) is 0 Å². The third kappa shape index (κ3) is 4.12. The molecule has 0 radical (unpaired) electrons. The van der Waals surface area contributed by atoms with E-state index in [4.69, 9.17) is 0 Å². The summed E-state index contributed by atoms with van der Waals surface area (Å²) in [6.07, 6.45) is 0. The zero-order chi connectivity index (χ0) is 19.6. The third-order valence-electron chi connectivity index (χ3n) is 4.49. The molecule has 0 unspecified atom stereocenters. The van der Waals surface area contributed by atoms with Gasteiger partial charge in [-0.25, -0.2) is 4.79 Å². The molecule has 0 fully saturated rings. The van der Waals surface area contributed by atoms with Gasteiger partial charge in [0.1, 0.15) is 5.75 Å². The van der Waals surface area contributed by atoms with Crippen LogP contribution in [0.4, 0.5) is 0 Å². The predicted molar refractivity (Wildman–Crippen MR) is 114 cm³/mol. The van der Waals surface area contributed by atoms with Crippen LogP contribution in [-0.4, -0.2) is 25.7 Å². The molecule has 0 aliphatic carbocycles. The SMILES string of the molecule is CC(C)(C)[SiH2]c1c(C(=O)O)cc(-c2ccccc2)c(O)c1-c1ccccc1. The molecule has 3 aromatic carbocycles. The van der Waals surface area contributed by atoms with E-state index in [-0.39, 0.29) is 10.8 Å². The molecule has 0 aliphatic rings. The Morgan fingerprint density at radius 2 is 1.41 bits per heavy atom. The summed E-state index contributed by atoms with van der Waals surface area (Å²) in [6.45, 7) is 6.38. The van der Waals surface area contributed by atoms with Gasteiger partial charge in [0.25, 0.3) is 0 Å². The lowest BCUT2D eigenvalue weighted by molar-refractivity contribution is 0.0698. The number of phenols is 1. The molecule has 3 rings (SSSR count). The Balaban J connectivity index is 2.39. The van der Waals surface area contributed by atoms with Crippen molar-refractivity contribution in [1.29, 1.82) is 0 Å². The minimum absolute atomic E-state index is 0.00837.